The van der Waals surface area contributed by atoms with E-state index in [2.05, 4.69) is 5.32 Å². The van der Waals surface area contributed by atoms with Crippen LogP contribution in [-0.4, -0.2) is 13.0 Å². The predicted molar refractivity (Wildman–Crippen MR) is 85.6 cm³/mol. The van der Waals surface area contributed by atoms with Crippen LogP contribution in [0.25, 0.3) is 0 Å². The summed E-state index contributed by atoms with van der Waals surface area (Å²) in [5.74, 6) is 0.443. The van der Waals surface area contributed by atoms with E-state index in [-0.39, 0.29) is 11.8 Å². The van der Waals surface area contributed by atoms with Gasteiger partial charge in [0.15, 0.2) is 0 Å². The third-order valence-electron chi connectivity index (χ3n) is 3.50. The number of methoxy groups -OCH3 is 1. The predicted octanol–water partition coefficient (Wildman–Crippen LogP) is 3.33. The third kappa shape index (κ3) is 3.54. The van der Waals surface area contributed by atoms with Crippen LogP contribution in [-0.2, 0) is 4.79 Å². The van der Waals surface area contributed by atoms with Gasteiger partial charge in [-0.15, -0.1) is 0 Å². The number of carbonyl (C=O) groups is 1. The SMILES string of the molecule is COc1ccc(NC(=O)C(C)c2cccc(N)c2)c(C)c1. The lowest BCUT2D eigenvalue weighted by molar-refractivity contribution is -0.117. The van der Waals surface area contributed by atoms with Crippen LogP contribution in [0, 0.1) is 6.92 Å². The maximum Gasteiger partial charge on any atom is 0.231 e. The number of nitrogens with two attached hydrogens (primary N) is 1. The van der Waals surface area contributed by atoms with Crippen molar-refractivity contribution in [3.8, 4) is 5.75 Å². The van der Waals surface area contributed by atoms with Crippen LogP contribution in [0.5, 0.6) is 5.75 Å². The fraction of sp³-hybridized carbons (Fsp3) is 0.235. The Bertz CT molecular complexity index is 653. The lowest BCUT2D eigenvalue weighted by atomic mass is 9.99. The molecular weight excluding hydrogens is 264 g/mol. The normalized spacial score (nSPS) is 11.8. The quantitative estimate of drug-likeness (QED) is 0.846. The van der Waals surface area contributed by atoms with E-state index in [1.165, 1.54) is 0 Å². The van der Waals surface area contributed by atoms with Crippen LogP contribution in [0.2, 0.25) is 0 Å². The first-order valence-electron chi connectivity index (χ1n) is 6.82. The monoisotopic (exact) mass is 284 g/mol. The van der Waals surface area contributed by atoms with E-state index >= 15 is 0 Å². The summed E-state index contributed by atoms with van der Waals surface area (Å²) in [7, 11) is 1.62. The topological polar surface area (TPSA) is 64.3 Å². The van der Waals surface area contributed by atoms with Gasteiger partial charge in [-0.3, -0.25) is 4.79 Å². The van der Waals surface area contributed by atoms with Gasteiger partial charge in [-0.1, -0.05) is 12.1 Å². The van der Waals surface area contributed by atoms with Crippen LogP contribution >= 0.6 is 0 Å². The van der Waals surface area contributed by atoms with Gasteiger partial charge in [-0.25, -0.2) is 0 Å². The summed E-state index contributed by atoms with van der Waals surface area (Å²) in [6.07, 6.45) is 0. The Morgan fingerprint density at radius 2 is 2.00 bits per heavy atom. The van der Waals surface area contributed by atoms with E-state index < -0.39 is 0 Å². The molecule has 0 heterocycles. The maximum absolute atomic E-state index is 12.3. The van der Waals surface area contributed by atoms with Crippen molar-refractivity contribution in [1.29, 1.82) is 0 Å². The molecule has 0 aliphatic carbocycles. The van der Waals surface area contributed by atoms with Gasteiger partial charge in [-0.2, -0.15) is 0 Å². The molecule has 0 spiro atoms. The summed E-state index contributed by atoms with van der Waals surface area (Å²) < 4.78 is 5.16. The fourth-order valence-electron chi connectivity index (χ4n) is 2.12. The second-order valence-electron chi connectivity index (χ2n) is 5.06. The van der Waals surface area contributed by atoms with Crippen LogP contribution in [0.1, 0.15) is 24.0 Å². The fourth-order valence-corrected chi connectivity index (χ4v) is 2.12. The molecule has 0 aromatic heterocycles. The Kier molecular flexibility index (Phi) is 4.48. The lowest BCUT2D eigenvalue weighted by Crippen LogP contribution is -2.19. The number of aryl methyl sites for hydroxylation is 1. The summed E-state index contributed by atoms with van der Waals surface area (Å²) in [5, 5.41) is 2.94. The highest BCUT2D eigenvalue weighted by molar-refractivity contribution is 5.96. The van der Waals surface area contributed by atoms with Crippen molar-refractivity contribution in [3.05, 3.63) is 53.6 Å². The molecule has 1 unspecified atom stereocenters. The second-order valence-corrected chi connectivity index (χ2v) is 5.06. The molecule has 110 valence electrons. The van der Waals surface area contributed by atoms with Crippen molar-refractivity contribution < 1.29 is 9.53 Å². The zero-order valence-corrected chi connectivity index (χ0v) is 12.5. The molecule has 1 atom stereocenters. The van der Waals surface area contributed by atoms with Crippen LogP contribution in [0.3, 0.4) is 0 Å². The molecule has 4 nitrogen and oxygen atoms in total. The molecule has 1 amide bonds. The average molecular weight is 284 g/mol. The number of nitrogen functional groups attached to an aromatic ring is 1. The molecule has 0 aliphatic rings. The van der Waals surface area contributed by atoms with Gasteiger partial charge in [0.1, 0.15) is 5.75 Å². The maximum atomic E-state index is 12.3. The van der Waals surface area contributed by atoms with Crippen molar-refractivity contribution in [3.63, 3.8) is 0 Å². The van der Waals surface area contributed by atoms with Gasteiger partial charge in [0.05, 0.1) is 13.0 Å². The summed E-state index contributed by atoms with van der Waals surface area (Å²) in [6.45, 7) is 3.80. The molecule has 0 saturated carbocycles. The van der Waals surface area contributed by atoms with Crippen LogP contribution < -0.4 is 15.8 Å². The van der Waals surface area contributed by atoms with E-state index in [0.717, 1.165) is 22.6 Å². The smallest absolute Gasteiger partial charge is 0.231 e. The van der Waals surface area contributed by atoms with Crippen molar-refractivity contribution in [1.82, 2.24) is 0 Å². The largest absolute Gasteiger partial charge is 0.497 e. The molecule has 0 bridgehead atoms. The Hall–Kier alpha value is -2.49. The van der Waals surface area contributed by atoms with Gasteiger partial charge in [0, 0.05) is 11.4 Å². The Balaban J connectivity index is 2.14. The highest BCUT2D eigenvalue weighted by atomic mass is 16.5. The number of carbonyl (C=O) groups excluding carboxylic acids is 1. The van der Waals surface area contributed by atoms with Crippen molar-refractivity contribution in [2.24, 2.45) is 0 Å². The van der Waals surface area contributed by atoms with Gasteiger partial charge in [-0.05, 0) is 55.3 Å². The summed E-state index contributed by atoms with van der Waals surface area (Å²) in [4.78, 5) is 12.3. The van der Waals surface area contributed by atoms with Gasteiger partial charge in [0.25, 0.3) is 0 Å². The second kappa shape index (κ2) is 6.31. The average Bonchev–Trinajstić information content (AvgIpc) is 2.48. The number of anilines is 2. The minimum Gasteiger partial charge on any atom is -0.497 e. The van der Waals surface area contributed by atoms with Crippen molar-refractivity contribution >= 4 is 17.3 Å². The third-order valence-corrected chi connectivity index (χ3v) is 3.50. The van der Waals surface area contributed by atoms with E-state index in [1.54, 1.807) is 7.11 Å². The number of ether oxygens (including phenoxy) is 1. The number of amides is 1. The Morgan fingerprint density at radius 1 is 1.24 bits per heavy atom. The lowest BCUT2D eigenvalue weighted by Gasteiger charge is -2.15. The number of benzene rings is 2. The zero-order chi connectivity index (χ0) is 15.4. The number of hydrogen-bond acceptors (Lipinski definition) is 3. The zero-order valence-electron chi connectivity index (χ0n) is 12.5. The van der Waals surface area contributed by atoms with E-state index in [4.69, 9.17) is 10.5 Å². The van der Waals surface area contributed by atoms with Crippen LogP contribution in [0.4, 0.5) is 11.4 Å². The highest BCUT2D eigenvalue weighted by Crippen LogP contribution is 2.24. The van der Waals surface area contributed by atoms with Crippen molar-refractivity contribution in [2.75, 3.05) is 18.2 Å². The number of nitrogens with one attached hydrogen (secondary N) is 1. The molecule has 0 radical (unpaired) electrons. The first-order chi connectivity index (χ1) is 10.0. The summed E-state index contributed by atoms with van der Waals surface area (Å²) in [5.41, 5.74) is 9.07. The van der Waals surface area contributed by atoms with Crippen molar-refractivity contribution in [2.45, 2.75) is 19.8 Å². The number of hydrogen-bond donors (Lipinski definition) is 2. The molecule has 2 aromatic rings. The Morgan fingerprint density at radius 3 is 2.62 bits per heavy atom. The standard InChI is InChI=1S/C17H20N2O2/c1-11-9-15(21-3)7-8-16(11)19-17(20)12(2)13-5-4-6-14(18)10-13/h4-10,12H,18H2,1-3H3,(H,19,20). The molecule has 3 N–H and O–H groups in total. The van der Waals surface area contributed by atoms with Gasteiger partial charge in [0.2, 0.25) is 5.91 Å². The molecule has 2 aromatic carbocycles. The van der Waals surface area contributed by atoms with Gasteiger partial charge >= 0.3 is 0 Å². The summed E-state index contributed by atoms with van der Waals surface area (Å²) >= 11 is 0. The minimum absolute atomic E-state index is 0.0612. The highest BCUT2D eigenvalue weighted by Gasteiger charge is 2.16. The molecular formula is C17H20N2O2. The molecule has 2 rings (SSSR count). The molecule has 0 aliphatic heterocycles. The van der Waals surface area contributed by atoms with Crippen LogP contribution in [0.15, 0.2) is 42.5 Å². The van der Waals surface area contributed by atoms with E-state index in [0.29, 0.717) is 5.69 Å². The first kappa shape index (κ1) is 14.9. The van der Waals surface area contributed by atoms with E-state index in [1.807, 2.05) is 56.3 Å². The molecule has 0 fully saturated rings. The van der Waals surface area contributed by atoms with Gasteiger partial charge < -0.3 is 15.8 Å². The molecule has 0 saturated heterocycles. The Labute approximate surface area is 124 Å². The first-order valence-corrected chi connectivity index (χ1v) is 6.82. The molecule has 21 heavy (non-hydrogen) atoms. The van der Waals surface area contributed by atoms with E-state index in [9.17, 15) is 4.79 Å². The number of rotatable bonds is 4. The minimum atomic E-state index is -0.269. The summed E-state index contributed by atoms with van der Waals surface area (Å²) in [6, 6.07) is 13.0. The molecule has 4 heteroatoms.